The SMILES string of the molecule is CN=C(NCCc1csc(C)n1)NCCn1cc(C)cn1. The van der Waals surface area contributed by atoms with E-state index in [0.29, 0.717) is 0 Å². The van der Waals surface area contributed by atoms with Crippen LogP contribution < -0.4 is 10.6 Å². The minimum Gasteiger partial charge on any atom is -0.356 e. The van der Waals surface area contributed by atoms with Gasteiger partial charge in [-0.3, -0.25) is 9.67 Å². The van der Waals surface area contributed by atoms with Crippen molar-refractivity contribution >= 4 is 17.3 Å². The molecule has 0 saturated heterocycles. The Bertz CT molecular complexity index is 538. The molecule has 0 spiro atoms. The average Bonchev–Trinajstić information content (AvgIpc) is 3.06. The monoisotopic (exact) mass is 306 g/mol. The van der Waals surface area contributed by atoms with Crippen LogP contribution in [-0.4, -0.2) is 40.9 Å². The van der Waals surface area contributed by atoms with Gasteiger partial charge in [-0.15, -0.1) is 11.3 Å². The van der Waals surface area contributed by atoms with Gasteiger partial charge in [-0.25, -0.2) is 4.98 Å². The minimum atomic E-state index is 0.788. The molecule has 0 amide bonds. The highest BCUT2D eigenvalue weighted by molar-refractivity contribution is 7.09. The molecule has 2 N–H and O–H groups in total. The minimum absolute atomic E-state index is 0.788. The molecule has 0 aliphatic rings. The molecule has 0 radical (unpaired) electrons. The summed E-state index contributed by atoms with van der Waals surface area (Å²) >= 11 is 1.69. The first-order chi connectivity index (χ1) is 10.2. The van der Waals surface area contributed by atoms with Crippen molar-refractivity contribution in [3.8, 4) is 0 Å². The van der Waals surface area contributed by atoms with E-state index in [2.05, 4.69) is 31.1 Å². The highest BCUT2D eigenvalue weighted by Gasteiger charge is 2.01. The summed E-state index contributed by atoms with van der Waals surface area (Å²) in [6.45, 7) is 6.50. The number of aliphatic imine (C=N–C) groups is 1. The van der Waals surface area contributed by atoms with Crippen molar-refractivity contribution in [2.24, 2.45) is 4.99 Å². The number of rotatable bonds is 6. The summed E-state index contributed by atoms with van der Waals surface area (Å²) in [5.74, 6) is 0.811. The highest BCUT2D eigenvalue weighted by Crippen LogP contribution is 2.07. The maximum Gasteiger partial charge on any atom is 0.191 e. The van der Waals surface area contributed by atoms with Gasteiger partial charge in [0.1, 0.15) is 0 Å². The van der Waals surface area contributed by atoms with E-state index in [1.807, 2.05) is 30.9 Å². The summed E-state index contributed by atoms with van der Waals surface area (Å²) in [6.07, 6.45) is 4.80. The van der Waals surface area contributed by atoms with Crippen LogP contribution in [0.25, 0.3) is 0 Å². The molecule has 2 aromatic heterocycles. The quantitative estimate of drug-likeness (QED) is 0.625. The molecule has 0 atom stereocenters. The van der Waals surface area contributed by atoms with Crippen LogP contribution >= 0.6 is 11.3 Å². The van der Waals surface area contributed by atoms with Gasteiger partial charge >= 0.3 is 0 Å². The normalized spacial score (nSPS) is 11.7. The predicted octanol–water partition coefficient (Wildman–Crippen LogP) is 1.36. The van der Waals surface area contributed by atoms with Crippen molar-refractivity contribution in [2.45, 2.75) is 26.8 Å². The van der Waals surface area contributed by atoms with Crippen LogP contribution in [0.1, 0.15) is 16.3 Å². The summed E-state index contributed by atoms with van der Waals surface area (Å²) in [4.78, 5) is 8.65. The highest BCUT2D eigenvalue weighted by atomic mass is 32.1. The van der Waals surface area contributed by atoms with Crippen molar-refractivity contribution in [2.75, 3.05) is 20.1 Å². The molecule has 0 saturated carbocycles. The van der Waals surface area contributed by atoms with Crippen LogP contribution in [0.15, 0.2) is 22.8 Å². The Morgan fingerprint density at radius 1 is 1.33 bits per heavy atom. The van der Waals surface area contributed by atoms with E-state index in [-0.39, 0.29) is 0 Å². The van der Waals surface area contributed by atoms with Gasteiger partial charge in [0, 0.05) is 38.1 Å². The van der Waals surface area contributed by atoms with Gasteiger partial charge in [0.2, 0.25) is 0 Å². The smallest absolute Gasteiger partial charge is 0.191 e. The average molecular weight is 306 g/mol. The Balaban J connectivity index is 1.66. The number of nitrogens with zero attached hydrogens (tertiary/aromatic N) is 4. The van der Waals surface area contributed by atoms with E-state index in [9.17, 15) is 0 Å². The number of aromatic nitrogens is 3. The fourth-order valence-corrected chi connectivity index (χ4v) is 2.58. The van der Waals surface area contributed by atoms with E-state index >= 15 is 0 Å². The molecule has 0 unspecified atom stereocenters. The standard InChI is InChI=1S/C14H22N6S/c1-11-8-18-20(9-11)7-6-17-14(15-3)16-5-4-13-10-21-12(2)19-13/h8-10H,4-7H2,1-3H3,(H2,15,16,17). The first kappa shape index (κ1) is 15.5. The first-order valence-electron chi connectivity index (χ1n) is 7.02. The molecule has 2 rings (SSSR count). The zero-order valence-corrected chi connectivity index (χ0v) is 13.6. The van der Waals surface area contributed by atoms with Gasteiger partial charge in [-0.2, -0.15) is 5.10 Å². The van der Waals surface area contributed by atoms with Crippen LogP contribution in [0.5, 0.6) is 0 Å². The molecular formula is C14H22N6S. The molecule has 0 aromatic carbocycles. The largest absolute Gasteiger partial charge is 0.356 e. The number of thiazole rings is 1. The fraction of sp³-hybridized carbons (Fsp3) is 0.500. The van der Waals surface area contributed by atoms with Crippen LogP contribution in [0.3, 0.4) is 0 Å². The molecule has 6 nitrogen and oxygen atoms in total. The Kier molecular flexibility index (Phi) is 5.74. The zero-order chi connectivity index (χ0) is 15.1. The topological polar surface area (TPSA) is 67.1 Å². The molecule has 21 heavy (non-hydrogen) atoms. The van der Waals surface area contributed by atoms with E-state index < -0.39 is 0 Å². The molecular weight excluding hydrogens is 284 g/mol. The molecule has 0 bridgehead atoms. The molecule has 7 heteroatoms. The molecule has 0 fully saturated rings. The number of hydrogen-bond donors (Lipinski definition) is 2. The van der Waals surface area contributed by atoms with Crippen molar-refractivity contribution in [3.63, 3.8) is 0 Å². The fourth-order valence-electron chi connectivity index (χ4n) is 1.93. The lowest BCUT2D eigenvalue weighted by atomic mass is 10.3. The molecule has 114 valence electrons. The van der Waals surface area contributed by atoms with Crippen LogP contribution in [0.4, 0.5) is 0 Å². The molecule has 0 aliphatic carbocycles. The molecule has 2 heterocycles. The summed E-state index contributed by atoms with van der Waals surface area (Å²) in [6, 6.07) is 0. The maximum atomic E-state index is 4.44. The molecule has 2 aromatic rings. The lowest BCUT2D eigenvalue weighted by Crippen LogP contribution is -2.39. The van der Waals surface area contributed by atoms with Gasteiger partial charge in [-0.05, 0) is 19.4 Å². The van der Waals surface area contributed by atoms with Gasteiger partial charge in [-0.1, -0.05) is 0 Å². The number of aryl methyl sites for hydroxylation is 2. The van der Waals surface area contributed by atoms with Gasteiger partial charge < -0.3 is 10.6 Å². The second-order valence-electron chi connectivity index (χ2n) is 4.81. The number of guanidine groups is 1. The van der Waals surface area contributed by atoms with Crippen molar-refractivity contribution in [1.29, 1.82) is 0 Å². The van der Waals surface area contributed by atoms with Gasteiger partial charge in [0.05, 0.1) is 23.4 Å². The van der Waals surface area contributed by atoms with E-state index in [1.165, 1.54) is 5.56 Å². The van der Waals surface area contributed by atoms with Crippen LogP contribution in [0, 0.1) is 13.8 Å². The summed E-state index contributed by atoms with van der Waals surface area (Å²) < 4.78 is 1.92. The van der Waals surface area contributed by atoms with Crippen LogP contribution in [0.2, 0.25) is 0 Å². The summed E-state index contributed by atoms with van der Waals surface area (Å²) in [7, 11) is 1.78. The lowest BCUT2D eigenvalue weighted by Gasteiger charge is -2.11. The third-order valence-corrected chi connectivity index (χ3v) is 3.78. The molecule has 0 aliphatic heterocycles. The first-order valence-corrected chi connectivity index (χ1v) is 7.90. The number of hydrogen-bond acceptors (Lipinski definition) is 4. The van der Waals surface area contributed by atoms with E-state index in [0.717, 1.165) is 42.7 Å². The second-order valence-corrected chi connectivity index (χ2v) is 5.88. The Morgan fingerprint density at radius 2 is 2.14 bits per heavy atom. The van der Waals surface area contributed by atoms with E-state index in [4.69, 9.17) is 0 Å². The van der Waals surface area contributed by atoms with Gasteiger partial charge in [0.25, 0.3) is 0 Å². The lowest BCUT2D eigenvalue weighted by molar-refractivity contribution is 0.597. The van der Waals surface area contributed by atoms with Crippen LogP contribution in [-0.2, 0) is 13.0 Å². The summed E-state index contributed by atoms with van der Waals surface area (Å²) in [5, 5.41) is 14.0. The van der Waals surface area contributed by atoms with E-state index in [1.54, 1.807) is 18.4 Å². The Hall–Kier alpha value is -1.89. The Labute approximate surface area is 129 Å². The van der Waals surface area contributed by atoms with Crippen molar-refractivity contribution in [3.05, 3.63) is 34.0 Å². The number of nitrogens with one attached hydrogen (secondary N) is 2. The Morgan fingerprint density at radius 3 is 2.76 bits per heavy atom. The van der Waals surface area contributed by atoms with Gasteiger partial charge in [0.15, 0.2) is 5.96 Å². The van der Waals surface area contributed by atoms with Crippen molar-refractivity contribution < 1.29 is 0 Å². The maximum absolute atomic E-state index is 4.44. The third-order valence-electron chi connectivity index (χ3n) is 2.96. The second kappa shape index (κ2) is 7.78. The zero-order valence-electron chi connectivity index (χ0n) is 12.8. The predicted molar refractivity (Wildman–Crippen MR) is 86.9 cm³/mol. The summed E-state index contributed by atoms with van der Waals surface area (Å²) in [5.41, 5.74) is 2.31. The van der Waals surface area contributed by atoms with Crippen molar-refractivity contribution in [1.82, 2.24) is 25.4 Å². The third kappa shape index (κ3) is 5.18.